The van der Waals surface area contributed by atoms with Gasteiger partial charge in [0.05, 0.1) is 0 Å². The van der Waals surface area contributed by atoms with Gasteiger partial charge in [-0.15, -0.1) is 0 Å². The highest BCUT2D eigenvalue weighted by molar-refractivity contribution is 6.35. The van der Waals surface area contributed by atoms with Gasteiger partial charge in [0.25, 0.3) is 0 Å². The van der Waals surface area contributed by atoms with Gasteiger partial charge in [0, 0.05) is 28.3 Å². The SMILES string of the molecule is CC(=O)N(CC(=O)Nc1c(C)cc(C)cc1C)c1cc(Cl)cc(Cl)c1. The van der Waals surface area contributed by atoms with Crippen molar-refractivity contribution in [2.24, 2.45) is 0 Å². The number of rotatable bonds is 4. The van der Waals surface area contributed by atoms with Crippen molar-refractivity contribution in [1.29, 1.82) is 0 Å². The van der Waals surface area contributed by atoms with Gasteiger partial charge in [-0.3, -0.25) is 9.59 Å². The fourth-order valence-corrected chi connectivity index (χ4v) is 3.29. The summed E-state index contributed by atoms with van der Waals surface area (Å²) in [6.07, 6.45) is 0. The van der Waals surface area contributed by atoms with E-state index in [1.165, 1.54) is 11.8 Å². The Labute approximate surface area is 157 Å². The second-order valence-corrected chi connectivity index (χ2v) is 6.93. The third-order valence-corrected chi connectivity index (χ3v) is 4.22. The molecular formula is C19H20Cl2N2O2. The molecule has 4 nitrogen and oxygen atoms in total. The topological polar surface area (TPSA) is 49.4 Å². The second kappa shape index (κ2) is 7.89. The van der Waals surface area contributed by atoms with Crippen LogP contribution in [0.25, 0.3) is 0 Å². The molecule has 1 N–H and O–H groups in total. The number of carbonyl (C=O) groups is 2. The van der Waals surface area contributed by atoms with Crippen LogP contribution in [0.15, 0.2) is 30.3 Å². The minimum atomic E-state index is -0.290. The zero-order chi connectivity index (χ0) is 18.7. The first-order chi connectivity index (χ1) is 11.7. The predicted octanol–water partition coefficient (Wildman–Crippen LogP) is 4.91. The van der Waals surface area contributed by atoms with Gasteiger partial charge in [0.15, 0.2) is 0 Å². The van der Waals surface area contributed by atoms with Gasteiger partial charge in [-0.1, -0.05) is 40.9 Å². The van der Waals surface area contributed by atoms with Gasteiger partial charge in [-0.2, -0.15) is 0 Å². The van der Waals surface area contributed by atoms with Crippen LogP contribution < -0.4 is 10.2 Å². The van der Waals surface area contributed by atoms with Crippen molar-refractivity contribution in [3.05, 3.63) is 57.1 Å². The fourth-order valence-electron chi connectivity index (χ4n) is 2.78. The standard InChI is InChI=1S/C19H20Cl2N2O2/c1-11-5-12(2)19(13(3)6-11)22-18(25)10-23(14(4)24)17-8-15(20)7-16(21)9-17/h5-9H,10H2,1-4H3,(H,22,25). The molecule has 0 heterocycles. The molecule has 25 heavy (non-hydrogen) atoms. The number of nitrogens with one attached hydrogen (secondary N) is 1. The van der Waals surface area contributed by atoms with E-state index in [1.54, 1.807) is 18.2 Å². The largest absolute Gasteiger partial charge is 0.324 e. The summed E-state index contributed by atoms with van der Waals surface area (Å²) in [5.41, 5.74) is 4.34. The number of carbonyl (C=O) groups excluding carboxylic acids is 2. The molecule has 0 saturated carbocycles. The van der Waals surface area contributed by atoms with Crippen LogP contribution in [0.2, 0.25) is 10.0 Å². The van der Waals surface area contributed by atoms with Crippen molar-refractivity contribution in [3.8, 4) is 0 Å². The number of aryl methyl sites for hydroxylation is 3. The molecule has 2 aromatic rings. The van der Waals surface area contributed by atoms with Gasteiger partial charge in [0.1, 0.15) is 6.54 Å². The summed E-state index contributed by atoms with van der Waals surface area (Å²) in [6.45, 7) is 7.15. The maximum absolute atomic E-state index is 12.5. The minimum Gasteiger partial charge on any atom is -0.324 e. The quantitative estimate of drug-likeness (QED) is 0.821. The molecular weight excluding hydrogens is 359 g/mol. The molecule has 2 rings (SSSR count). The summed E-state index contributed by atoms with van der Waals surface area (Å²) in [5.74, 6) is -0.563. The molecule has 0 spiro atoms. The number of hydrogen-bond donors (Lipinski definition) is 1. The average molecular weight is 379 g/mol. The Morgan fingerprint density at radius 2 is 1.48 bits per heavy atom. The number of amides is 2. The molecule has 0 bridgehead atoms. The highest BCUT2D eigenvalue weighted by atomic mass is 35.5. The Morgan fingerprint density at radius 3 is 1.96 bits per heavy atom. The molecule has 0 aromatic heterocycles. The monoisotopic (exact) mass is 378 g/mol. The Kier molecular flexibility index (Phi) is 6.09. The van der Waals surface area contributed by atoms with Crippen molar-refractivity contribution in [1.82, 2.24) is 0 Å². The van der Waals surface area contributed by atoms with Gasteiger partial charge < -0.3 is 10.2 Å². The maximum atomic E-state index is 12.5. The first kappa shape index (κ1) is 19.3. The highest BCUT2D eigenvalue weighted by Crippen LogP contribution is 2.26. The Bertz CT molecular complexity index is 791. The van der Waals surface area contributed by atoms with Crippen molar-refractivity contribution >= 4 is 46.4 Å². The van der Waals surface area contributed by atoms with Crippen LogP contribution in [0.4, 0.5) is 11.4 Å². The molecule has 2 amide bonds. The normalized spacial score (nSPS) is 10.5. The molecule has 0 saturated heterocycles. The minimum absolute atomic E-state index is 0.126. The molecule has 0 fully saturated rings. The molecule has 0 radical (unpaired) electrons. The molecule has 0 aliphatic rings. The molecule has 6 heteroatoms. The van der Waals surface area contributed by atoms with E-state index >= 15 is 0 Å². The molecule has 2 aromatic carbocycles. The van der Waals surface area contributed by atoms with E-state index in [9.17, 15) is 9.59 Å². The third kappa shape index (κ3) is 4.97. The van der Waals surface area contributed by atoms with E-state index in [2.05, 4.69) is 5.32 Å². The Hall–Kier alpha value is -2.04. The van der Waals surface area contributed by atoms with Crippen LogP contribution in [0.1, 0.15) is 23.6 Å². The molecule has 0 atom stereocenters. The predicted molar refractivity (Wildman–Crippen MR) is 104 cm³/mol. The van der Waals surface area contributed by atoms with Crippen LogP contribution in [-0.4, -0.2) is 18.4 Å². The van der Waals surface area contributed by atoms with E-state index in [0.29, 0.717) is 15.7 Å². The summed E-state index contributed by atoms with van der Waals surface area (Å²) in [6, 6.07) is 8.78. The second-order valence-electron chi connectivity index (χ2n) is 6.05. The van der Waals surface area contributed by atoms with Crippen molar-refractivity contribution in [2.45, 2.75) is 27.7 Å². The van der Waals surface area contributed by atoms with E-state index in [4.69, 9.17) is 23.2 Å². The lowest BCUT2D eigenvalue weighted by Gasteiger charge is -2.22. The third-order valence-electron chi connectivity index (χ3n) is 3.78. The lowest BCUT2D eigenvalue weighted by molar-refractivity contribution is -0.120. The van der Waals surface area contributed by atoms with E-state index in [-0.39, 0.29) is 18.4 Å². The summed E-state index contributed by atoms with van der Waals surface area (Å²) in [7, 11) is 0. The molecule has 0 aliphatic carbocycles. The van der Waals surface area contributed by atoms with Gasteiger partial charge >= 0.3 is 0 Å². The number of nitrogens with zero attached hydrogens (tertiary/aromatic N) is 1. The number of benzene rings is 2. The van der Waals surface area contributed by atoms with Gasteiger partial charge in [-0.25, -0.2) is 0 Å². The molecule has 0 unspecified atom stereocenters. The summed E-state index contributed by atoms with van der Waals surface area (Å²) >= 11 is 12.0. The van der Waals surface area contributed by atoms with E-state index in [0.717, 1.165) is 22.4 Å². The first-order valence-corrected chi connectivity index (χ1v) is 8.55. The van der Waals surface area contributed by atoms with Crippen molar-refractivity contribution < 1.29 is 9.59 Å². The lowest BCUT2D eigenvalue weighted by atomic mass is 10.1. The van der Waals surface area contributed by atoms with Crippen LogP contribution in [0, 0.1) is 20.8 Å². The summed E-state index contributed by atoms with van der Waals surface area (Å²) < 4.78 is 0. The smallest absolute Gasteiger partial charge is 0.244 e. The van der Waals surface area contributed by atoms with Crippen molar-refractivity contribution in [3.63, 3.8) is 0 Å². The van der Waals surface area contributed by atoms with E-state index < -0.39 is 0 Å². The molecule has 0 aliphatic heterocycles. The number of anilines is 2. The zero-order valence-electron chi connectivity index (χ0n) is 14.6. The summed E-state index contributed by atoms with van der Waals surface area (Å²) in [5, 5.41) is 3.70. The zero-order valence-corrected chi connectivity index (χ0v) is 16.1. The van der Waals surface area contributed by atoms with Crippen LogP contribution in [0.3, 0.4) is 0 Å². The van der Waals surface area contributed by atoms with Gasteiger partial charge in [0.2, 0.25) is 11.8 Å². The number of hydrogen-bond acceptors (Lipinski definition) is 2. The Morgan fingerprint density at radius 1 is 0.960 bits per heavy atom. The first-order valence-electron chi connectivity index (χ1n) is 7.79. The number of halogens is 2. The van der Waals surface area contributed by atoms with Crippen LogP contribution in [-0.2, 0) is 9.59 Å². The fraction of sp³-hybridized carbons (Fsp3) is 0.263. The van der Waals surface area contributed by atoms with E-state index in [1.807, 2.05) is 32.9 Å². The Balaban J connectivity index is 2.23. The van der Waals surface area contributed by atoms with Crippen LogP contribution >= 0.6 is 23.2 Å². The van der Waals surface area contributed by atoms with Crippen molar-refractivity contribution in [2.75, 3.05) is 16.8 Å². The summed E-state index contributed by atoms with van der Waals surface area (Å²) in [4.78, 5) is 25.8. The lowest BCUT2D eigenvalue weighted by Crippen LogP contribution is -2.36. The average Bonchev–Trinajstić information content (AvgIpc) is 2.47. The maximum Gasteiger partial charge on any atom is 0.244 e. The van der Waals surface area contributed by atoms with Gasteiger partial charge in [-0.05, 0) is 50.1 Å². The highest BCUT2D eigenvalue weighted by Gasteiger charge is 2.18. The van der Waals surface area contributed by atoms with Crippen LogP contribution in [0.5, 0.6) is 0 Å². The molecule has 132 valence electrons.